The first-order valence-electron chi connectivity index (χ1n) is 13.6. The fraction of sp³-hybridized carbons (Fsp3) is 0.517. The van der Waals surface area contributed by atoms with E-state index in [0.717, 1.165) is 0 Å². The molecule has 0 aliphatic heterocycles. The van der Waals surface area contributed by atoms with E-state index < -0.39 is 76.3 Å². The average Bonchev–Trinajstić information content (AvgIpc) is 2.91. The number of ether oxygens (including phenoxy) is 1. The van der Waals surface area contributed by atoms with Crippen molar-refractivity contribution in [1.82, 2.24) is 4.90 Å². The second-order valence-electron chi connectivity index (χ2n) is 11.5. The minimum atomic E-state index is -2.88. The van der Waals surface area contributed by atoms with Crippen molar-refractivity contribution in [3.05, 3.63) is 45.9 Å². The lowest BCUT2D eigenvalue weighted by Crippen LogP contribution is -2.68. The van der Waals surface area contributed by atoms with Gasteiger partial charge in [-0.3, -0.25) is 14.5 Å². The van der Waals surface area contributed by atoms with Crippen LogP contribution in [0.3, 0.4) is 0 Å². The maximum absolute atomic E-state index is 13.5. The first-order chi connectivity index (χ1) is 19.6. The number of nitrogens with one attached hydrogen (secondary N) is 1. The zero-order chi connectivity index (χ0) is 31.4. The van der Waals surface area contributed by atoms with Crippen LogP contribution in [0.15, 0.2) is 34.8 Å². The number of benzene rings is 1. The molecule has 13 nitrogen and oxygen atoms in total. The lowest BCUT2D eigenvalue weighted by molar-refractivity contribution is -0.163. The Kier molecular flexibility index (Phi) is 8.15. The zero-order valence-electron chi connectivity index (χ0n) is 24.0. The number of hydrogen-bond acceptors (Lipinski definition) is 12. The van der Waals surface area contributed by atoms with Gasteiger partial charge in [-0.15, -0.1) is 0 Å². The van der Waals surface area contributed by atoms with Crippen molar-refractivity contribution < 1.29 is 49.4 Å². The number of amides is 1. The molecule has 4 rings (SSSR count). The summed E-state index contributed by atoms with van der Waals surface area (Å²) in [5.74, 6) is -9.38. The number of fused-ring (bicyclic) bond motifs is 3. The third kappa shape index (κ3) is 4.43. The molecule has 0 radical (unpaired) electrons. The molecule has 13 heteroatoms. The number of nitrogens with zero attached hydrogens (tertiary/aromatic N) is 1. The second-order valence-corrected chi connectivity index (χ2v) is 11.5. The Morgan fingerprint density at radius 1 is 1.24 bits per heavy atom. The Morgan fingerprint density at radius 3 is 2.40 bits per heavy atom. The zero-order valence-corrected chi connectivity index (χ0v) is 24.0. The molecule has 1 amide bonds. The van der Waals surface area contributed by atoms with E-state index in [1.165, 1.54) is 25.1 Å². The highest BCUT2D eigenvalue weighted by molar-refractivity contribution is 6.24. The number of aliphatic hydroxyl groups is 4. The van der Waals surface area contributed by atoms with Crippen molar-refractivity contribution in [3.63, 3.8) is 0 Å². The van der Waals surface area contributed by atoms with Crippen LogP contribution in [0.1, 0.15) is 37.8 Å². The number of aromatic hydroxyl groups is 1. The highest BCUT2D eigenvalue weighted by atomic mass is 16.5. The molecule has 1 unspecified atom stereocenters. The summed E-state index contributed by atoms with van der Waals surface area (Å²) in [6, 6.07) is 0.878. The summed E-state index contributed by atoms with van der Waals surface area (Å²) in [7, 11) is 2.94. The second kappa shape index (κ2) is 11.0. The molecule has 3 aliphatic carbocycles. The van der Waals surface area contributed by atoms with Gasteiger partial charge in [0.25, 0.3) is 5.91 Å². The van der Waals surface area contributed by atoms with Crippen molar-refractivity contribution in [2.75, 3.05) is 26.0 Å². The predicted molar refractivity (Wildman–Crippen MR) is 148 cm³/mol. The number of aliphatic hydroxyl groups excluding tert-OH is 3. The molecule has 8 N–H and O–H groups in total. The summed E-state index contributed by atoms with van der Waals surface area (Å²) in [6.45, 7) is 5.39. The van der Waals surface area contributed by atoms with E-state index in [9.17, 15) is 44.7 Å². The SMILES string of the molecule is CCOC(=O)C(Nc1ccc2c(c1O)CC1=C(O)[C@@]3(O)C(=O)C(C(N)=O)=C(O)[C@@H](N(C)C)[C@H]3[C@H](O)[C@H]1[C@@H]2C=O)C(C)C. The number of ketones is 1. The van der Waals surface area contributed by atoms with Gasteiger partial charge in [0.2, 0.25) is 5.78 Å². The Bertz CT molecular complexity index is 1400. The number of hydrogen-bond donors (Lipinski definition) is 7. The summed E-state index contributed by atoms with van der Waals surface area (Å²) in [4.78, 5) is 52.1. The molecular formula is C29H37N3O10. The van der Waals surface area contributed by atoms with E-state index in [0.29, 0.717) is 11.8 Å². The van der Waals surface area contributed by atoms with Crippen LogP contribution in [0.2, 0.25) is 0 Å². The van der Waals surface area contributed by atoms with E-state index in [4.69, 9.17) is 10.5 Å². The van der Waals surface area contributed by atoms with Crippen LogP contribution < -0.4 is 11.1 Å². The number of carbonyl (C=O) groups is 4. The van der Waals surface area contributed by atoms with Gasteiger partial charge >= 0.3 is 5.97 Å². The van der Waals surface area contributed by atoms with Gasteiger partial charge in [-0.25, -0.2) is 4.79 Å². The van der Waals surface area contributed by atoms with E-state index in [-0.39, 0.29) is 41.5 Å². The molecule has 0 saturated heterocycles. The van der Waals surface area contributed by atoms with Gasteiger partial charge in [-0.1, -0.05) is 19.9 Å². The lowest BCUT2D eigenvalue weighted by Gasteiger charge is -2.53. The van der Waals surface area contributed by atoms with E-state index in [1.807, 2.05) is 0 Å². The van der Waals surface area contributed by atoms with Crippen molar-refractivity contribution in [3.8, 4) is 5.75 Å². The fourth-order valence-electron chi connectivity index (χ4n) is 6.68. The lowest BCUT2D eigenvalue weighted by atomic mass is 9.55. The third-order valence-corrected chi connectivity index (χ3v) is 8.64. The number of carbonyl (C=O) groups excluding carboxylic acids is 4. The van der Waals surface area contributed by atoms with Gasteiger partial charge in [-0.05, 0) is 44.1 Å². The third-order valence-electron chi connectivity index (χ3n) is 8.64. The number of phenolic OH excluding ortho intramolecular Hbond substituents is 1. The Morgan fingerprint density at radius 2 is 1.88 bits per heavy atom. The fourth-order valence-corrected chi connectivity index (χ4v) is 6.68. The van der Waals surface area contributed by atoms with Crippen LogP contribution in [-0.4, -0.2) is 98.9 Å². The monoisotopic (exact) mass is 587 g/mol. The molecule has 1 aromatic carbocycles. The van der Waals surface area contributed by atoms with Crippen molar-refractivity contribution in [2.24, 2.45) is 23.5 Å². The van der Waals surface area contributed by atoms with Gasteiger partial charge in [-0.2, -0.15) is 0 Å². The summed E-state index contributed by atoms with van der Waals surface area (Å²) in [5.41, 5.74) is 2.11. The molecule has 3 aliphatic rings. The first-order valence-corrected chi connectivity index (χ1v) is 13.6. The summed E-state index contributed by atoms with van der Waals surface area (Å²) >= 11 is 0. The highest BCUT2D eigenvalue weighted by Gasteiger charge is 2.66. The van der Waals surface area contributed by atoms with Crippen molar-refractivity contribution in [2.45, 2.75) is 56.9 Å². The molecule has 0 bridgehead atoms. The molecule has 42 heavy (non-hydrogen) atoms. The van der Waals surface area contributed by atoms with Crippen LogP contribution in [0.4, 0.5) is 5.69 Å². The molecule has 7 atom stereocenters. The quantitative estimate of drug-likeness (QED) is 0.0938. The van der Waals surface area contributed by atoms with E-state index in [1.54, 1.807) is 26.8 Å². The average molecular weight is 588 g/mol. The minimum absolute atomic E-state index is 0.0971. The number of primary amides is 1. The standard InChI is InChI=1S/C29H37N3O10/c1-6-42-28(40)20(11(2)3)31-16-8-7-12-13(22(16)34)9-14-17(15(12)10-33)23(35)19-21(32(4)5)24(36)18(27(30)39)26(38)29(19,41)25(14)37/h7-8,10-11,15,17,19-21,23,31,34-37,41H,6,9H2,1-5H3,(H2,30,39)/t15-,17-,19+,20?,21+,23-,29-/m1/s1. The van der Waals surface area contributed by atoms with Crippen LogP contribution in [0, 0.1) is 17.8 Å². The molecular weight excluding hydrogens is 550 g/mol. The highest BCUT2D eigenvalue weighted by Crippen LogP contribution is 2.55. The number of anilines is 1. The maximum atomic E-state index is 13.5. The molecule has 0 spiro atoms. The molecule has 0 aromatic heterocycles. The number of likely N-dealkylation sites (N-methyl/N-ethyl adjacent to an activating group) is 1. The number of nitrogens with two attached hydrogens (primary N) is 1. The summed E-state index contributed by atoms with van der Waals surface area (Å²) < 4.78 is 5.14. The van der Waals surface area contributed by atoms with Gasteiger partial charge in [0, 0.05) is 23.8 Å². The Balaban J connectivity index is 1.90. The number of aldehydes is 1. The van der Waals surface area contributed by atoms with Crippen LogP contribution in [-0.2, 0) is 30.3 Å². The normalized spacial score (nSPS) is 29.5. The number of esters is 1. The molecule has 0 saturated carbocycles. The largest absolute Gasteiger partial charge is 0.510 e. The maximum Gasteiger partial charge on any atom is 0.328 e. The minimum Gasteiger partial charge on any atom is -0.510 e. The van der Waals surface area contributed by atoms with Gasteiger partial charge in [0.1, 0.15) is 35.2 Å². The van der Waals surface area contributed by atoms with Gasteiger partial charge in [0.05, 0.1) is 30.4 Å². The number of rotatable bonds is 8. The van der Waals surface area contributed by atoms with E-state index >= 15 is 0 Å². The first kappa shape index (κ1) is 31.0. The topological polar surface area (TPSA) is 220 Å². The van der Waals surface area contributed by atoms with Gasteiger partial charge in [0.15, 0.2) is 5.60 Å². The summed E-state index contributed by atoms with van der Waals surface area (Å²) in [6.07, 6.45) is -1.44. The Hall–Kier alpha value is -3.94. The Labute approximate surface area is 242 Å². The van der Waals surface area contributed by atoms with Crippen LogP contribution in [0.5, 0.6) is 5.75 Å². The summed E-state index contributed by atoms with van der Waals surface area (Å²) in [5, 5.41) is 60.2. The van der Waals surface area contributed by atoms with Crippen molar-refractivity contribution >= 4 is 29.6 Å². The molecule has 0 fully saturated rings. The predicted octanol–water partition coefficient (Wildman–Crippen LogP) is 0.191. The number of phenols is 1. The van der Waals surface area contributed by atoms with Crippen molar-refractivity contribution in [1.29, 1.82) is 0 Å². The molecule has 1 aromatic rings. The van der Waals surface area contributed by atoms with E-state index in [2.05, 4.69) is 5.32 Å². The number of Topliss-reactive ketones (excluding diaryl/α,β-unsaturated/α-hetero) is 1. The smallest absolute Gasteiger partial charge is 0.328 e. The van der Waals surface area contributed by atoms with Crippen LogP contribution in [0.25, 0.3) is 0 Å². The van der Waals surface area contributed by atoms with Gasteiger partial charge < -0.3 is 46.1 Å². The van der Waals surface area contributed by atoms with Crippen LogP contribution >= 0.6 is 0 Å². The molecule has 0 heterocycles. The molecule has 228 valence electrons.